The number of aliphatic imine (C=N–C) groups is 1. The average molecular weight is 283 g/mol. The van der Waals surface area contributed by atoms with Gasteiger partial charge in [0.15, 0.2) is 5.96 Å². The second-order valence-corrected chi connectivity index (χ2v) is 4.96. The number of hydrogen-bond acceptors (Lipinski definition) is 4. The molecule has 106 valence electrons. The van der Waals surface area contributed by atoms with Crippen molar-refractivity contribution < 1.29 is 9.53 Å². The van der Waals surface area contributed by atoms with E-state index in [1.165, 1.54) is 4.88 Å². The predicted octanol–water partition coefficient (Wildman–Crippen LogP) is 1.54. The summed E-state index contributed by atoms with van der Waals surface area (Å²) in [7, 11) is 0. The number of guanidine groups is 1. The standard InChI is InChI=1S/C13H21N3O2S/c1-2-18-12(17)6-3-8-15-13(14)16-9-7-11-5-4-10-19-11/h4-5,10H,2-3,6-9H2,1H3,(H3,14,15,16). The van der Waals surface area contributed by atoms with Crippen LogP contribution in [0.15, 0.2) is 22.5 Å². The number of carbonyl (C=O) groups is 1. The van der Waals surface area contributed by atoms with E-state index in [9.17, 15) is 4.79 Å². The Morgan fingerprint density at radius 2 is 2.42 bits per heavy atom. The monoisotopic (exact) mass is 283 g/mol. The molecule has 0 atom stereocenters. The number of ether oxygens (including phenoxy) is 1. The fourth-order valence-corrected chi connectivity index (χ4v) is 2.19. The molecule has 0 spiro atoms. The summed E-state index contributed by atoms with van der Waals surface area (Å²) in [5, 5.41) is 5.11. The Labute approximate surface area is 117 Å². The van der Waals surface area contributed by atoms with E-state index in [-0.39, 0.29) is 5.97 Å². The van der Waals surface area contributed by atoms with Gasteiger partial charge in [-0.1, -0.05) is 6.07 Å². The molecule has 0 saturated heterocycles. The first kappa shape index (κ1) is 15.5. The highest BCUT2D eigenvalue weighted by Gasteiger charge is 2.00. The number of nitrogens with zero attached hydrogens (tertiary/aromatic N) is 1. The van der Waals surface area contributed by atoms with Crippen LogP contribution in [0.2, 0.25) is 0 Å². The molecular weight excluding hydrogens is 262 g/mol. The van der Waals surface area contributed by atoms with E-state index >= 15 is 0 Å². The van der Waals surface area contributed by atoms with Gasteiger partial charge in [-0.05, 0) is 31.2 Å². The first-order valence-corrected chi connectivity index (χ1v) is 7.32. The summed E-state index contributed by atoms with van der Waals surface area (Å²) >= 11 is 1.73. The zero-order valence-electron chi connectivity index (χ0n) is 11.2. The maximum absolute atomic E-state index is 11.1. The lowest BCUT2D eigenvalue weighted by Crippen LogP contribution is -2.33. The molecule has 0 aliphatic rings. The van der Waals surface area contributed by atoms with Crippen molar-refractivity contribution in [3.63, 3.8) is 0 Å². The van der Waals surface area contributed by atoms with Gasteiger partial charge >= 0.3 is 5.97 Å². The highest BCUT2D eigenvalue weighted by Crippen LogP contribution is 2.07. The van der Waals surface area contributed by atoms with E-state index in [0.717, 1.165) is 13.0 Å². The van der Waals surface area contributed by atoms with Gasteiger partial charge in [0.25, 0.3) is 0 Å². The third-order valence-electron chi connectivity index (χ3n) is 2.38. The van der Waals surface area contributed by atoms with E-state index in [4.69, 9.17) is 10.5 Å². The summed E-state index contributed by atoms with van der Waals surface area (Å²) in [4.78, 5) is 16.6. The van der Waals surface area contributed by atoms with Gasteiger partial charge < -0.3 is 15.8 Å². The van der Waals surface area contributed by atoms with Gasteiger partial charge in [-0.3, -0.25) is 9.79 Å². The number of nitrogens with two attached hydrogens (primary N) is 1. The van der Waals surface area contributed by atoms with Crippen LogP contribution in [0, 0.1) is 0 Å². The molecule has 1 aromatic heterocycles. The molecule has 0 aromatic carbocycles. The summed E-state index contributed by atoms with van der Waals surface area (Å²) in [6.45, 7) is 3.53. The summed E-state index contributed by atoms with van der Waals surface area (Å²) < 4.78 is 4.82. The van der Waals surface area contributed by atoms with Crippen LogP contribution in [-0.4, -0.2) is 31.6 Å². The SMILES string of the molecule is CCOC(=O)CCCN=C(N)NCCc1cccs1. The zero-order chi connectivity index (χ0) is 13.9. The van der Waals surface area contributed by atoms with Gasteiger partial charge in [0, 0.05) is 24.4 Å². The average Bonchev–Trinajstić information content (AvgIpc) is 2.88. The van der Waals surface area contributed by atoms with Crippen molar-refractivity contribution in [2.75, 3.05) is 19.7 Å². The number of carbonyl (C=O) groups excluding carboxylic acids is 1. The lowest BCUT2D eigenvalue weighted by molar-refractivity contribution is -0.143. The largest absolute Gasteiger partial charge is 0.466 e. The Hall–Kier alpha value is -1.56. The molecule has 0 unspecified atom stereocenters. The minimum absolute atomic E-state index is 0.179. The lowest BCUT2D eigenvalue weighted by atomic mass is 10.3. The second kappa shape index (κ2) is 9.38. The molecule has 0 aliphatic heterocycles. The second-order valence-electron chi connectivity index (χ2n) is 3.93. The van der Waals surface area contributed by atoms with Crippen molar-refractivity contribution in [3.8, 4) is 0 Å². The molecule has 3 N–H and O–H groups in total. The normalized spacial score (nSPS) is 11.3. The molecule has 0 radical (unpaired) electrons. The van der Waals surface area contributed by atoms with E-state index in [0.29, 0.717) is 32.0 Å². The molecule has 0 aliphatic carbocycles. The molecule has 5 nitrogen and oxygen atoms in total. The lowest BCUT2D eigenvalue weighted by Gasteiger charge is -2.04. The maximum atomic E-state index is 11.1. The van der Waals surface area contributed by atoms with Crippen LogP contribution in [0.5, 0.6) is 0 Å². The number of hydrogen-bond donors (Lipinski definition) is 2. The Morgan fingerprint density at radius 1 is 1.58 bits per heavy atom. The van der Waals surface area contributed by atoms with Crippen molar-refractivity contribution in [2.45, 2.75) is 26.2 Å². The first-order chi connectivity index (χ1) is 9.22. The van der Waals surface area contributed by atoms with Crippen molar-refractivity contribution in [1.82, 2.24) is 5.32 Å². The molecular formula is C13H21N3O2S. The molecule has 19 heavy (non-hydrogen) atoms. The minimum Gasteiger partial charge on any atom is -0.466 e. The fraction of sp³-hybridized carbons (Fsp3) is 0.538. The van der Waals surface area contributed by atoms with Gasteiger partial charge in [-0.15, -0.1) is 11.3 Å². The number of thiophene rings is 1. The molecule has 1 aromatic rings. The van der Waals surface area contributed by atoms with E-state index in [1.54, 1.807) is 18.3 Å². The Balaban J connectivity index is 2.06. The van der Waals surface area contributed by atoms with Crippen LogP contribution in [0.25, 0.3) is 0 Å². The minimum atomic E-state index is -0.179. The number of rotatable bonds is 8. The molecule has 1 rings (SSSR count). The van der Waals surface area contributed by atoms with Crippen molar-refractivity contribution in [2.24, 2.45) is 10.7 Å². The Bertz CT molecular complexity index is 391. The summed E-state index contributed by atoms with van der Waals surface area (Å²) in [6.07, 6.45) is 1.99. The highest BCUT2D eigenvalue weighted by atomic mass is 32.1. The molecule has 6 heteroatoms. The summed E-state index contributed by atoms with van der Waals surface area (Å²) in [6, 6.07) is 4.13. The van der Waals surface area contributed by atoms with E-state index in [1.807, 2.05) is 6.07 Å². The van der Waals surface area contributed by atoms with Crippen LogP contribution in [0.3, 0.4) is 0 Å². The van der Waals surface area contributed by atoms with E-state index < -0.39 is 0 Å². The summed E-state index contributed by atoms with van der Waals surface area (Å²) in [5.41, 5.74) is 5.71. The van der Waals surface area contributed by atoms with Gasteiger partial charge in [-0.2, -0.15) is 0 Å². The number of esters is 1. The van der Waals surface area contributed by atoms with Crippen LogP contribution < -0.4 is 11.1 Å². The molecule has 0 fully saturated rings. The summed E-state index contributed by atoms with van der Waals surface area (Å²) in [5.74, 6) is 0.252. The van der Waals surface area contributed by atoms with Crippen LogP contribution in [0.4, 0.5) is 0 Å². The van der Waals surface area contributed by atoms with Crippen molar-refractivity contribution >= 4 is 23.3 Å². The maximum Gasteiger partial charge on any atom is 0.305 e. The quantitative estimate of drug-likeness (QED) is 0.328. The van der Waals surface area contributed by atoms with Gasteiger partial charge in [0.2, 0.25) is 0 Å². The molecule has 0 saturated carbocycles. The third-order valence-corrected chi connectivity index (χ3v) is 3.32. The van der Waals surface area contributed by atoms with Crippen molar-refractivity contribution in [1.29, 1.82) is 0 Å². The smallest absolute Gasteiger partial charge is 0.305 e. The zero-order valence-corrected chi connectivity index (χ0v) is 12.0. The molecule has 1 heterocycles. The van der Waals surface area contributed by atoms with Gasteiger partial charge in [0.05, 0.1) is 6.61 Å². The highest BCUT2D eigenvalue weighted by molar-refractivity contribution is 7.09. The van der Waals surface area contributed by atoms with Crippen LogP contribution in [-0.2, 0) is 16.0 Å². The van der Waals surface area contributed by atoms with Crippen LogP contribution in [0.1, 0.15) is 24.6 Å². The Morgan fingerprint density at radius 3 is 3.11 bits per heavy atom. The van der Waals surface area contributed by atoms with Gasteiger partial charge in [-0.25, -0.2) is 0 Å². The third kappa shape index (κ3) is 7.46. The van der Waals surface area contributed by atoms with E-state index in [2.05, 4.69) is 21.8 Å². The number of nitrogens with one attached hydrogen (secondary N) is 1. The predicted molar refractivity (Wildman–Crippen MR) is 78.4 cm³/mol. The molecule has 0 amide bonds. The Kier molecular flexibility index (Phi) is 7.65. The fourth-order valence-electron chi connectivity index (χ4n) is 1.48. The first-order valence-electron chi connectivity index (χ1n) is 6.44. The van der Waals surface area contributed by atoms with Crippen LogP contribution >= 0.6 is 11.3 Å². The topological polar surface area (TPSA) is 76.7 Å². The van der Waals surface area contributed by atoms with Crippen molar-refractivity contribution in [3.05, 3.63) is 22.4 Å². The van der Waals surface area contributed by atoms with Gasteiger partial charge in [0.1, 0.15) is 0 Å². The molecule has 0 bridgehead atoms.